The number of carbonyl (C=O) groups excluding carboxylic acids is 1. The van der Waals surface area contributed by atoms with Crippen molar-refractivity contribution in [2.24, 2.45) is 0 Å². The lowest BCUT2D eigenvalue weighted by molar-refractivity contribution is 0.112. The van der Waals surface area contributed by atoms with Crippen molar-refractivity contribution in [3.05, 3.63) is 11.6 Å². The van der Waals surface area contributed by atoms with Gasteiger partial charge in [0, 0.05) is 11.1 Å². The van der Waals surface area contributed by atoms with Gasteiger partial charge in [0.25, 0.3) is 0 Å². The van der Waals surface area contributed by atoms with E-state index in [1.165, 1.54) is 0 Å². The molecule has 0 bridgehead atoms. The van der Waals surface area contributed by atoms with E-state index < -0.39 is 0 Å². The minimum Gasteiger partial charge on any atom is -0.442 e. The van der Waals surface area contributed by atoms with E-state index in [4.69, 9.17) is 11.2 Å². The van der Waals surface area contributed by atoms with Gasteiger partial charge in [-0.15, -0.1) is 6.42 Å². The number of ether oxygens (including phenoxy) is 1. The Morgan fingerprint density at radius 2 is 2.33 bits per heavy atom. The maximum atomic E-state index is 11.4. The van der Waals surface area contributed by atoms with Gasteiger partial charge in [-0.2, -0.15) is 0 Å². The summed E-state index contributed by atoms with van der Waals surface area (Å²) in [6, 6.07) is 0. The van der Waals surface area contributed by atoms with Crippen molar-refractivity contribution >= 4 is 6.09 Å². The first-order valence-electron chi connectivity index (χ1n) is 5.07. The van der Waals surface area contributed by atoms with Crippen LogP contribution in [0.15, 0.2) is 11.6 Å². The SMILES string of the molecule is C#CC1=C[C@H](OC(=O)NC(C)(C)C)CC1. The highest BCUT2D eigenvalue weighted by Gasteiger charge is 2.21. The summed E-state index contributed by atoms with van der Waals surface area (Å²) >= 11 is 0. The number of allylic oxidation sites excluding steroid dienone is 1. The zero-order chi connectivity index (χ0) is 11.5. The molecule has 1 rings (SSSR count). The van der Waals surface area contributed by atoms with Crippen LogP contribution in [0.2, 0.25) is 0 Å². The fourth-order valence-electron chi connectivity index (χ4n) is 1.38. The van der Waals surface area contributed by atoms with Crippen molar-refractivity contribution in [2.75, 3.05) is 0 Å². The van der Waals surface area contributed by atoms with Crippen LogP contribution in [0.3, 0.4) is 0 Å². The minimum absolute atomic E-state index is 0.168. The Morgan fingerprint density at radius 3 is 2.80 bits per heavy atom. The van der Waals surface area contributed by atoms with Crippen molar-refractivity contribution in [3.63, 3.8) is 0 Å². The van der Waals surface area contributed by atoms with E-state index >= 15 is 0 Å². The molecule has 0 radical (unpaired) electrons. The number of amides is 1. The van der Waals surface area contributed by atoms with E-state index in [1.54, 1.807) is 0 Å². The molecule has 15 heavy (non-hydrogen) atoms. The van der Waals surface area contributed by atoms with E-state index in [2.05, 4.69) is 11.2 Å². The highest BCUT2D eigenvalue weighted by Crippen LogP contribution is 2.20. The Hall–Kier alpha value is -1.43. The van der Waals surface area contributed by atoms with E-state index in [0.29, 0.717) is 0 Å². The molecule has 3 heteroatoms. The Kier molecular flexibility index (Phi) is 3.41. The summed E-state index contributed by atoms with van der Waals surface area (Å²) in [7, 11) is 0. The molecule has 1 aliphatic rings. The largest absolute Gasteiger partial charge is 0.442 e. The standard InChI is InChI=1S/C12H17NO2/c1-5-9-6-7-10(8-9)15-11(14)13-12(2,3)4/h1,8,10H,6-7H2,2-4H3,(H,13,14)/t10-/m1/s1. The average molecular weight is 207 g/mol. The number of hydrogen-bond donors (Lipinski definition) is 1. The first kappa shape index (κ1) is 11.6. The Balaban J connectivity index is 2.41. The number of hydrogen-bond acceptors (Lipinski definition) is 2. The summed E-state index contributed by atoms with van der Waals surface area (Å²) in [4.78, 5) is 11.4. The van der Waals surface area contributed by atoms with Gasteiger partial charge in [-0.1, -0.05) is 5.92 Å². The van der Waals surface area contributed by atoms with Crippen LogP contribution in [0.4, 0.5) is 4.79 Å². The first-order chi connectivity index (χ1) is 6.90. The Bertz CT molecular complexity index is 317. The lowest BCUT2D eigenvalue weighted by Gasteiger charge is -2.21. The number of terminal acetylenes is 1. The fourth-order valence-corrected chi connectivity index (χ4v) is 1.38. The molecule has 0 aromatic rings. The lowest BCUT2D eigenvalue weighted by Crippen LogP contribution is -2.41. The van der Waals surface area contributed by atoms with Gasteiger partial charge in [0.1, 0.15) is 6.10 Å². The monoisotopic (exact) mass is 207 g/mol. The summed E-state index contributed by atoms with van der Waals surface area (Å²) in [6.07, 6.45) is 8.15. The van der Waals surface area contributed by atoms with Crippen LogP contribution < -0.4 is 5.32 Å². The van der Waals surface area contributed by atoms with Crippen LogP contribution >= 0.6 is 0 Å². The van der Waals surface area contributed by atoms with Gasteiger partial charge in [-0.25, -0.2) is 4.79 Å². The van der Waals surface area contributed by atoms with Crippen molar-refractivity contribution in [3.8, 4) is 12.3 Å². The van der Waals surface area contributed by atoms with Crippen LogP contribution in [-0.4, -0.2) is 17.7 Å². The van der Waals surface area contributed by atoms with Crippen LogP contribution in [-0.2, 0) is 4.74 Å². The number of nitrogens with one attached hydrogen (secondary N) is 1. The molecule has 0 aliphatic heterocycles. The normalized spacial score (nSPS) is 20.4. The molecule has 1 amide bonds. The highest BCUT2D eigenvalue weighted by molar-refractivity contribution is 5.68. The van der Waals surface area contributed by atoms with Gasteiger partial charge >= 0.3 is 6.09 Å². The van der Waals surface area contributed by atoms with E-state index in [1.807, 2.05) is 26.8 Å². The van der Waals surface area contributed by atoms with Gasteiger partial charge in [0.05, 0.1) is 0 Å². The molecule has 0 saturated heterocycles. The zero-order valence-electron chi connectivity index (χ0n) is 9.46. The van der Waals surface area contributed by atoms with Crippen LogP contribution in [0.25, 0.3) is 0 Å². The van der Waals surface area contributed by atoms with Crippen molar-refractivity contribution in [2.45, 2.75) is 45.3 Å². The van der Waals surface area contributed by atoms with Gasteiger partial charge in [-0.3, -0.25) is 0 Å². The second-order valence-electron chi connectivity index (χ2n) is 4.69. The smallest absolute Gasteiger partial charge is 0.408 e. The van der Waals surface area contributed by atoms with Gasteiger partial charge < -0.3 is 10.1 Å². The second-order valence-corrected chi connectivity index (χ2v) is 4.69. The Labute approximate surface area is 90.9 Å². The minimum atomic E-state index is -0.387. The third-order valence-electron chi connectivity index (χ3n) is 2.01. The van der Waals surface area contributed by atoms with Crippen LogP contribution in [0, 0.1) is 12.3 Å². The summed E-state index contributed by atoms with van der Waals surface area (Å²) < 4.78 is 5.20. The molecule has 0 unspecified atom stereocenters. The average Bonchev–Trinajstić information content (AvgIpc) is 2.48. The highest BCUT2D eigenvalue weighted by atomic mass is 16.6. The molecule has 0 spiro atoms. The summed E-state index contributed by atoms with van der Waals surface area (Å²) in [6.45, 7) is 5.73. The molecule has 82 valence electrons. The fraction of sp³-hybridized carbons (Fsp3) is 0.583. The molecule has 0 aromatic heterocycles. The molecule has 0 saturated carbocycles. The molecule has 1 aliphatic carbocycles. The Morgan fingerprint density at radius 1 is 1.67 bits per heavy atom. The molecular formula is C12H17NO2. The van der Waals surface area contributed by atoms with E-state index in [-0.39, 0.29) is 17.7 Å². The van der Waals surface area contributed by atoms with Crippen molar-refractivity contribution in [1.82, 2.24) is 5.32 Å². The molecule has 1 atom stereocenters. The van der Waals surface area contributed by atoms with E-state index in [0.717, 1.165) is 18.4 Å². The quantitative estimate of drug-likeness (QED) is 0.670. The molecule has 3 nitrogen and oxygen atoms in total. The van der Waals surface area contributed by atoms with Gasteiger partial charge in [-0.05, 0) is 39.7 Å². The van der Waals surface area contributed by atoms with Gasteiger partial charge in [0.15, 0.2) is 0 Å². The van der Waals surface area contributed by atoms with E-state index in [9.17, 15) is 4.79 Å². The molecule has 0 heterocycles. The predicted molar refractivity (Wildman–Crippen MR) is 59.3 cm³/mol. The molecule has 0 fully saturated rings. The number of carbonyl (C=O) groups is 1. The van der Waals surface area contributed by atoms with Crippen LogP contribution in [0.5, 0.6) is 0 Å². The first-order valence-corrected chi connectivity index (χ1v) is 5.07. The third kappa shape index (κ3) is 4.07. The number of alkyl carbamates (subject to hydrolysis) is 1. The van der Waals surface area contributed by atoms with Crippen molar-refractivity contribution in [1.29, 1.82) is 0 Å². The summed E-state index contributed by atoms with van der Waals surface area (Å²) in [5.74, 6) is 2.56. The van der Waals surface area contributed by atoms with Crippen molar-refractivity contribution < 1.29 is 9.53 Å². The number of rotatable bonds is 1. The topological polar surface area (TPSA) is 38.3 Å². The maximum absolute atomic E-state index is 11.4. The molecule has 0 aromatic carbocycles. The second kappa shape index (κ2) is 4.39. The lowest BCUT2D eigenvalue weighted by atomic mass is 10.1. The van der Waals surface area contributed by atoms with Gasteiger partial charge in [0.2, 0.25) is 0 Å². The zero-order valence-corrected chi connectivity index (χ0v) is 9.46. The maximum Gasteiger partial charge on any atom is 0.408 e. The summed E-state index contributed by atoms with van der Waals surface area (Å²) in [5, 5.41) is 2.74. The molecule has 1 N–H and O–H groups in total. The molecular weight excluding hydrogens is 190 g/mol. The summed E-state index contributed by atoms with van der Waals surface area (Å²) in [5.41, 5.74) is 0.650. The third-order valence-corrected chi connectivity index (χ3v) is 2.01. The van der Waals surface area contributed by atoms with Crippen LogP contribution in [0.1, 0.15) is 33.6 Å². The predicted octanol–water partition coefficient (Wildman–Crippen LogP) is 2.23.